The zero-order chi connectivity index (χ0) is 16.7. The van der Waals surface area contributed by atoms with Crippen LogP contribution in [-0.4, -0.2) is 16.6 Å². The molecule has 5 N–H and O–H groups in total. The number of nitrogens with two attached hydrogens (primary N) is 2. The second-order valence-corrected chi connectivity index (χ2v) is 6.28. The number of aromatic nitrogens is 1. The third-order valence-corrected chi connectivity index (χ3v) is 4.28. The minimum Gasteiger partial charge on any atom is -0.429 e. The van der Waals surface area contributed by atoms with E-state index in [0.717, 1.165) is 11.4 Å². The van der Waals surface area contributed by atoms with Crippen LogP contribution in [-0.2, 0) is 4.74 Å². The molecule has 0 atom stereocenters. The van der Waals surface area contributed by atoms with Gasteiger partial charge in [0.25, 0.3) is 5.90 Å². The molecule has 0 fully saturated rings. The third kappa shape index (κ3) is 5.04. The first-order chi connectivity index (χ1) is 11.1. The number of benzene rings is 1. The van der Waals surface area contributed by atoms with Crippen LogP contribution in [0.2, 0.25) is 0 Å². The Labute approximate surface area is 142 Å². The van der Waals surface area contributed by atoms with Crippen LogP contribution in [0.25, 0.3) is 0 Å². The van der Waals surface area contributed by atoms with E-state index in [2.05, 4.69) is 28.6 Å². The van der Waals surface area contributed by atoms with Crippen molar-refractivity contribution < 1.29 is 4.74 Å². The van der Waals surface area contributed by atoms with E-state index in [0.29, 0.717) is 21.5 Å². The summed E-state index contributed by atoms with van der Waals surface area (Å²) in [6, 6.07) is 7.49. The monoisotopic (exact) mass is 347 g/mol. The van der Waals surface area contributed by atoms with Crippen molar-refractivity contribution in [1.29, 1.82) is 0 Å². The molecule has 2 aromatic rings. The lowest BCUT2D eigenvalue weighted by Crippen LogP contribution is -2.09. The van der Waals surface area contributed by atoms with Gasteiger partial charge in [0.05, 0.1) is 11.4 Å². The molecule has 1 aromatic heterocycles. The number of thiazole rings is 1. The Balaban J connectivity index is 1.82. The number of hydrogen-bond donors (Lipinski definition) is 3. The van der Waals surface area contributed by atoms with Crippen molar-refractivity contribution in [3.05, 3.63) is 64.8 Å². The summed E-state index contributed by atoms with van der Waals surface area (Å²) in [5.74, 6) is 6.12. The number of rotatable bonds is 7. The number of nitrogen functional groups attached to an aromatic ring is 1. The maximum absolute atomic E-state index is 5.87. The highest BCUT2D eigenvalue weighted by Gasteiger charge is 2.11. The summed E-state index contributed by atoms with van der Waals surface area (Å²) in [6.45, 7) is 7.80. The Kier molecular flexibility index (Phi) is 6.07. The summed E-state index contributed by atoms with van der Waals surface area (Å²) in [5, 5.41) is 9.62. The number of nitrogens with one attached hydrogen (secondary N) is 1. The summed E-state index contributed by atoms with van der Waals surface area (Å²) in [7, 11) is 0. The van der Waals surface area contributed by atoms with Crippen LogP contribution in [0.4, 0.5) is 11.4 Å². The van der Waals surface area contributed by atoms with Gasteiger partial charge in [-0.1, -0.05) is 30.5 Å². The molecule has 0 aliphatic heterocycles. The Bertz CT molecular complexity index is 712. The van der Waals surface area contributed by atoms with Gasteiger partial charge in [0.1, 0.15) is 0 Å². The van der Waals surface area contributed by atoms with Crippen molar-refractivity contribution in [3.63, 3.8) is 0 Å². The fraction of sp³-hybridized carbons (Fsp3) is 0.0667. The summed E-state index contributed by atoms with van der Waals surface area (Å²) in [6.07, 6.45) is 1.65. The zero-order valence-corrected chi connectivity index (χ0v) is 14.0. The average molecular weight is 347 g/mol. The molecule has 0 bridgehead atoms. The Morgan fingerprint density at radius 1 is 1.39 bits per heavy atom. The standard InChI is InChI=1S/C15H17N5OS2/c1-10(19-13-6-4-3-5-12(13)16)9-23-11(2)21-14(20-17)15-18-7-8-22-15/h3-8,19H,1-2,9,16-17H2/b20-14-. The van der Waals surface area contributed by atoms with Gasteiger partial charge in [-0.05, 0) is 18.7 Å². The van der Waals surface area contributed by atoms with E-state index in [1.165, 1.54) is 23.1 Å². The number of hydrogen-bond acceptors (Lipinski definition) is 8. The molecular weight excluding hydrogens is 330 g/mol. The van der Waals surface area contributed by atoms with E-state index >= 15 is 0 Å². The van der Waals surface area contributed by atoms with Gasteiger partial charge in [-0.25, -0.2) is 4.98 Å². The normalized spacial score (nSPS) is 11.0. The van der Waals surface area contributed by atoms with Crippen molar-refractivity contribution in [2.24, 2.45) is 10.9 Å². The van der Waals surface area contributed by atoms with Crippen molar-refractivity contribution in [2.45, 2.75) is 0 Å². The van der Waals surface area contributed by atoms with Gasteiger partial charge in [-0.2, -0.15) is 0 Å². The van der Waals surface area contributed by atoms with Crippen LogP contribution in [0.5, 0.6) is 0 Å². The topological polar surface area (TPSA) is 98.5 Å². The van der Waals surface area contributed by atoms with Crippen molar-refractivity contribution in [3.8, 4) is 0 Å². The van der Waals surface area contributed by atoms with Crippen molar-refractivity contribution in [1.82, 2.24) is 4.98 Å². The maximum Gasteiger partial charge on any atom is 0.273 e. The van der Waals surface area contributed by atoms with Gasteiger partial charge in [-0.15, -0.1) is 16.4 Å². The summed E-state index contributed by atoms with van der Waals surface area (Å²) >= 11 is 2.76. The molecule has 8 heteroatoms. The summed E-state index contributed by atoms with van der Waals surface area (Å²) in [4.78, 5) is 4.09. The predicted molar refractivity (Wildman–Crippen MR) is 99.1 cm³/mol. The lowest BCUT2D eigenvalue weighted by Gasteiger charge is -2.12. The Morgan fingerprint density at radius 3 is 2.83 bits per heavy atom. The fourth-order valence-electron chi connectivity index (χ4n) is 1.60. The SMILES string of the molecule is C=C(CSC(=C)O/C(=N\N)c1nccs1)Nc1ccccc1N. The number of nitrogens with zero attached hydrogens (tertiary/aromatic N) is 2. The van der Waals surface area contributed by atoms with Crippen LogP contribution in [0, 0.1) is 0 Å². The van der Waals surface area contributed by atoms with E-state index in [-0.39, 0.29) is 5.90 Å². The molecule has 0 amide bonds. The highest BCUT2D eigenvalue weighted by atomic mass is 32.2. The molecular formula is C15H17N5OS2. The quantitative estimate of drug-likeness (QED) is 0.178. The van der Waals surface area contributed by atoms with Gasteiger partial charge >= 0.3 is 0 Å². The van der Waals surface area contributed by atoms with E-state index < -0.39 is 0 Å². The number of ether oxygens (including phenoxy) is 1. The molecule has 1 heterocycles. The molecule has 0 spiro atoms. The molecule has 23 heavy (non-hydrogen) atoms. The van der Waals surface area contributed by atoms with Gasteiger partial charge < -0.3 is 21.6 Å². The smallest absolute Gasteiger partial charge is 0.273 e. The Hall–Kier alpha value is -2.45. The van der Waals surface area contributed by atoms with Gasteiger partial charge in [0.2, 0.25) is 0 Å². The third-order valence-electron chi connectivity index (χ3n) is 2.62. The highest BCUT2D eigenvalue weighted by Crippen LogP contribution is 2.23. The average Bonchev–Trinajstić information content (AvgIpc) is 3.07. The van der Waals surface area contributed by atoms with Crippen LogP contribution in [0.3, 0.4) is 0 Å². The minimum absolute atomic E-state index is 0.239. The summed E-state index contributed by atoms with van der Waals surface area (Å²) in [5.41, 5.74) is 8.13. The van der Waals surface area contributed by atoms with Crippen molar-refractivity contribution >= 4 is 40.4 Å². The van der Waals surface area contributed by atoms with E-state index in [9.17, 15) is 0 Å². The van der Waals surface area contributed by atoms with Gasteiger partial charge in [0, 0.05) is 23.0 Å². The van der Waals surface area contributed by atoms with Gasteiger partial charge in [-0.3, -0.25) is 0 Å². The van der Waals surface area contributed by atoms with E-state index in [1.807, 2.05) is 29.6 Å². The second-order valence-electron chi connectivity index (χ2n) is 4.35. The molecule has 0 saturated carbocycles. The first-order valence-corrected chi connectivity index (χ1v) is 8.43. The van der Waals surface area contributed by atoms with Crippen LogP contribution in [0.15, 0.2) is 64.9 Å². The largest absolute Gasteiger partial charge is 0.429 e. The molecule has 1 aromatic carbocycles. The van der Waals surface area contributed by atoms with Crippen LogP contribution in [0.1, 0.15) is 5.01 Å². The fourth-order valence-corrected chi connectivity index (χ4v) is 2.71. The lowest BCUT2D eigenvalue weighted by atomic mass is 10.2. The zero-order valence-electron chi connectivity index (χ0n) is 12.4. The first kappa shape index (κ1) is 16.9. The highest BCUT2D eigenvalue weighted by molar-refractivity contribution is 8.03. The molecule has 2 rings (SSSR count). The van der Waals surface area contributed by atoms with E-state index in [4.69, 9.17) is 16.3 Å². The Morgan fingerprint density at radius 2 is 2.17 bits per heavy atom. The predicted octanol–water partition coefficient (Wildman–Crippen LogP) is 3.19. The second kappa shape index (κ2) is 8.25. The minimum atomic E-state index is 0.239. The maximum atomic E-state index is 5.87. The molecule has 0 unspecified atom stereocenters. The molecule has 120 valence electrons. The lowest BCUT2D eigenvalue weighted by molar-refractivity contribution is 0.457. The summed E-state index contributed by atoms with van der Waals surface area (Å²) < 4.78 is 5.52. The molecule has 0 radical (unpaired) electrons. The van der Waals surface area contributed by atoms with Crippen LogP contribution < -0.4 is 16.9 Å². The molecule has 6 nitrogen and oxygen atoms in total. The van der Waals surface area contributed by atoms with Gasteiger partial charge in [0.15, 0.2) is 10.1 Å². The number of para-hydroxylation sites is 2. The number of thioether (sulfide) groups is 1. The first-order valence-electron chi connectivity index (χ1n) is 6.56. The van der Waals surface area contributed by atoms with Crippen molar-refractivity contribution in [2.75, 3.05) is 16.8 Å². The van der Waals surface area contributed by atoms with Crippen LogP contribution >= 0.6 is 23.1 Å². The number of hydrazone groups is 1. The number of anilines is 2. The molecule has 0 aliphatic carbocycles. The molecule has 0 saturated heterocycles. The molecule has 0 aliphatic rings. The van der Waals surface area contributed by atoms with E-state index in [1.54, 1.807) is 6.20 Å².